The predicted molar refractivity (Wildman–Crippen MR) is 61.9 cm³/mol. The molecule has 1 saturated carbocycles. The van der Waals surface area contributed by atoms with E-state index in [1.165, 1.54) is 36.8 Å². The molecule has 0 unspecified atom stereocenters. The molecule has 3 rings (SSSR count). The van der Waals surface area contributed by atoms with Crippen LogP contribution in [0.5, 0.6) is 0 Å². The van der Waals surface area contributed by atoms with Gasteiger partial charge in [0.2, 0.25) is 0 Å². The van der Waals surface area contributed by atoms with Crippen LogP contribution in [0.1, 0.15) is 31.4 Å². The summed E-state index contributed by atoms with van der Waals surface area (Å²) in [6, 6.07) is 10.5. The summed E-state index contributed by atoms with van der Waals surface area (Å²) < 4.78 is 5.83. The molecule has 0 amide bonds. The van der Waals surface area contributed by atoms with Gasteiger partial charge in [0.15, 0.2) is 0 Å². The van der Waals surface area contributed by atoms with Crippen molar-refractivity contribution >= 4 is 11.0 Å². The molecular formula is C14H16O. The van der Waals surface area contributed by atoms with Crippen molar-refractivity contribution in [2.24, 2.45) is 5.92 Å². The monoisotopic (exact) mass is 200 g/mol. The maximum atomic E-state index is 5.83. The van der Waals surface area contributed by atoms with Gasteiger partial charge in [-0.1, -0.05) is 43.9 Å². The molecule has 15 heavy (non-hydrogen) atoms. The van der Waals surface area contributed by atoms with Crippen molar-refractivity contribution in [3.05, 3.63) is 36.1 Å². The SMILES string of the molecule is c1ccc2oc(CC3CCCC3)cc2c1. The van der Waals surface area contributed by atoms with Crippen molar-refractivity contribution in [1.82, 2.24) is 0 Å². The Labute approximate surface area is 90.1 Å². The van der Waals surface area contributed by atoms with E-state index in [-0.39, 0.29) is 0 Å². The fraction of sp³-hybridized carbons (Fsp3) is 0.429. The number of furan rings is 1. The molecule has 0 spiro atoms. The van der Waals surface area contributed by atoms with E-state index >= 15 is 0 Å². The second-order valence-electron chi connectivity index (χ2n) is 4.61. The molecule has 1 nitrogen and oxygen atoms in total. The highest BCUT2D eigenvalue weighted by Gasteiger charge is 2.17. The summed E-state index contributed by atoms with van der Waals surface area (Å²) in [7, 11) is 0. The zero-order chi connectivity index (χ0) is 10.1. The molecule has 78 valence electrons. The van der Waals surface area contributed by atoms with E-state index < -0.39 is 0 Å². The second-order valence-corrected chi connectivity index (χ2v) is 4.61. The number of benzene rings is 1. The van der Waals surface area contributed by atoms with E-state index in [1.807, 2.05) is 12.1 Å². The van der Waals surface area contributed by atoms with Gasteiger partial charge < -0.3 is 4.42 Å². The Morgan fingerprint density at radius 1 is 1.13 bits per heavy atom. The van der Waals surface area contributed by atoms with Gasteiger partial charge in [0.1, 0.15) is 11.3 Å². The lowest BCUT2D eigenvalue weighted by Gasteiger charge is -2.04. The maximum Gasteiger partial charge on any atom is 0.134 e. The number of rotatable bonds is 2. The molecule has 1 aliphatic rings. The number of para-hydroxylation sites is 1. The molecule has 0 bridgehead atoms. The third-order valence-corrected chi connectivity index (χ3v) is 3.44. The van der Waals surface area contributed by atoms with Crippen LogP contribution in [0.25, 0.3) is 11.0 Å². The van der Waals surface area contributed by atoms with Gasteiger partial charge >= 0.3 is 0 Å². The van der Waals surface area contributed by atoms with Crippen molar-refractivity contribution in [3.63, 3.8) is 0 Å². The summed E-state index contributed by atoms with van der Waals surface area (Å²) >= 11 is 0. The van der Waals surface area contributed by atoms with Crippen LogP contribution in [0.3, 0.4) is 0 Å². The lowest BCUT2D eigenvalue weighted by molar-refractivity contribution is 0.463. The van der Waals surface area contributed by atoms with E-state index in [0.29, 0.717) is 0 Å². The molecule has 1 aromatic carbocycles. The van der Waals surface area contributed by atoms with Crippen LogP contribution >= 0.6 is 0 Å². The molecule has 1 heteroatoms. The highest BCUT2D eigenvalue weighted by Crippen LogP contribution is 2.29. The first kappa shape index (κ1) is 9.02. The fourth-order valence-corrected chi connectivity index (χ4v) is 2.64. The van der Waals surface area contributed by atoms with Crippen LogP contribution in [0, 0.1) is 5.92 Å². The maximum absolute atomic E-state index is 5.83. The zero-order valence-electron chi connectivity index (χ0n) is 8.91. The van der Waals surface area contributed by atoms with Crippen molar-refractivity contribution in [3.8, 4) is 0 Å². The highest BCUT2D eigenvalue weighted by molar-refractivity contribution is 5.77. The van der Waals surface area contributed by atoms with E-state index in [9.17, 15) is 0 Å². The van der Waals surface area contributed by atoms with Crippen LogP contribution in [0.15, 0.2) is 34.7 Å². The summed E-state index contributed by atoms with van der Waals surface area (Å²) in [4.78, 5) is 0. The van der Waals surface area contributed by atoms with Crippen LogP contribution in [-0.2, 0) is 6.42 Å². The Morgan fingerprint density at radius 2 is 1.93 bits per heavy atom. The van der Waals surface area contributed by atoms with Crippen LogP contribution in [-0.4, -0.2) is 0 Å². The van der Waals surface area contributed by atoms with Crippen LogP contribution < -0.4 is 0 Å². The summed E-state index contributed by atoms with van der Waals surface area (Å²) in [5.74, 6) is 2.04. The van der Waals surface area contributed by atoms with E-state index in [1.54, 1.807) is 0 Å². The average Bonchev–Trinajstić information content (AvgIpc) is 2.86. The fourth-order valence-electron chi connectivity index (χ4n) is 2.64. The Balaban J connectivity index is 1.84. The normalized spacial score (nSPS) is 17.6. The van der Waals surface area contributed by atoms with Crippen LogP contribution in [0.2, 0.25) is 0 Å². The van der Waals surface area contributed by atoms with Crippen molar-refractivity contribution in [1.29, 1.82) is 0 Å². The van der Waals surface area contributed by atoms with Gasteiger partial charge in [0.05, 0.1) is 0 Å². The predicted octanol–water partition coefficient (Wildman–Crippen LogP) is 4.17. The first-order valence-corrected chi connectivity index (χ1v) is 5.89. The van der Waals surface area contributed by atoms with Crippen molar-refractivity contribution < 1.29 is 4.42 Å². The van der Waals surface area contributed by atoms with Gasteiger partial charge in [-0.2, -0.15) is 0 Å². The lowest BCUT2D eigenvalue weighted by atomic mass is 10.0. The van der Waals surface area contributed by atoms with Gasteiger partial charge in [-0.25, -0.2) is 0 Å². The molecule has 1 heterocycles. The van der Waals surface area contributed by atoms with Gasteiger partial charge in [0, 0.05) is 11.8 Å². The quantitative estimate of drug-likeness (QED) is 0.709. The van der Waals surface area contributed by atoms with Gasteiger partial charge in [-0.05, 0) is 18.1 Å². The average molecular weight is 200 g/mol. The first-order chi connectivity index (χ1) is 7.42. The third-order valence-electron chi connectivity index (χ3n) is 3.44. The Bertz CT molecular complexity index is 416. The summed E-state index contributed by atoms with van der Waals surface area (Å²) in [6.45, 7) is 0. The van der Waals surface area contributed by atoms with E-state index in [0.717, 1.165) is 17.9 Å². The third kappa shape index (κ3) is 1.79. The van der Waals surface area contributed by atoms with Gasteiger partial charge in [-0.15, -0.1) is 0 Å². The number of fused-ring (bicyclic) bond motifs is 1. The highest BCUT2D eigenvalue weighted by atomic mass is 16.3. The molecular weight excluding hydrogens is 184 g/mol. The molecule has 0 radical (unpaired) electrons. The first-order valence-electron chi connectivity index (χ1n) is 5.89. The van der Waals surface area contributed by atoms with Gasteiger partial charge in [-0.3, -0.25) is 0 Å². The Kier molecular flexibility index (Phi) is 2.24. The van der Waals surface area contributed by atoms with Gasteiger partial charge in [0.25, 0.3) is 0 Å². The van der Waals surface area contributed by atoms with Crippen molar-refractivity contribution in [2.45, 2.75) is 32.1 Å². The minimum Gasteiger partial charge on any atom is -0.461 e. The zero-order valence-corrected chi connectivity index (χ0v) is 8.91. The summed E-state index contributed by atoms with van der Waals surface area (Å²) in [5, 5.41) is 1.24. The second kappa shape index (κ2) is 3.73. The molecule has 0 atom stereocenters. The Hall–Kier alpha value is -1.24. The minimum absolute atomic E-state index is 0.866. The molecule has 0 N–H and O–H groups in total. The molecule has 0 saturated heterocycles. The minimum atomic E-state index is 0.866. The molecule has 0 aliphatic heterocycles. The van der Waals surface area contributed by atoms with Crippen molar-refractivity contribution in [2.75, 3.05) is 0 Å². The topological polar surface area (TPSA) is 13.1 Å². The number of hydrogen-bond donors (Lipinski definition) is 0. The molecule has 1 aliphatic carbocycles. The smallest absolute Gasteiger partial charge is 0.134 e. The number of hydrogen-bond acceptors (Lipinski definition) is 1. The summed E-state index contributed by atoms with van der Waals surface area (Å²) in [6.07, 6.45) is 6.72. The molecule has 1 fully saturated rings. The Morgan fingerprint density at radius 3 is 2.73 bits per heavy atom. The standard InChI is InChI=1S/C14H16O/c1-2-6-11(5-1)9-13-10-12-7-3-4-8-14(12)15-13/h3-4,7-8,10-11H,1-2,5-6,9H2. The molecule has 2 aromatic rings. The van der Waals surface area contributed by atoms with Crippen LogP contribution in [0.4, 0.5) is 0 Å². The molecule has 1 aromatic heterocycles. The van der Waals surface area contributed by atoms with E-state index in [2.05, 4.69) is 18.2 Å². The largest absolute Gasteiger partial charge is 0.461 e. The summed E-state index contributed by atoms with van der Waals surface area (Å²) in [5.41, 5.74) is 1.03. The lowest BCUT2D eigenvalue weighted by Crippen LogP contribution is -1.96. The van der Waals surface area contributed by atoms with E-state index in [4.69, 9.17) is 4.42 Å².